The molecule has 112 valence electrons. The van der Waals surface area contributed by atoms with E-state index in [0.29, 0.717) is 0 Å². The minimum absolute atomic E-state index is 0.188. The average Bonchev–Trinajstić information content (AvgIpc) is 2.39. The Hall–Kier alpha value is -0.730. The number of rotatable bonds is 4. The zero-order chi connectivity index (χ0) is 14.7. The van der Waals surface area contributed by atoms with Gasteiger partial charge in [0, 0.05) is 29.8 Å². The second kappa shape index (κ2) is 6.82. The molecular formula is C17H27ClN2. The molecule has 0 aliphatic carbocycles. The topological polar surface area (TPSA) is 29.3 Å². The fraction of sp³-hybridized carbons (Fsp3) is 0.647. The number of halogens is 1. The lowest BCUT2D eigenvalue weighted by Crippen LogP contribution is -2.39. The van der Waals surface area contributed by atoms with E-state index in [1.807, 2.05) is 6.07 Å². The van der Waals surface area contributed by atoms with Crippen LogP contribution in [0.3, 0.4) is 0 Å². The van der Waals surface area contributed by atoms with Crippen molar-refractivity contribution in [1.82, 2.24) is 0 Å². The fourth-order valence-electron chi connectivity index (χ4n) is 3.31. The number of hydrogen-bond donors (Lipinski definition) is 1. The van der Waals surface area contributed by atoms with E-state index >= 15 is 0 Å². The summed E-state index contributed by atoms with van der Waals surface area (Å²) >= 11 is 6.44. The summed E-state index contributed by atoms with van der Waals surface area (Å²) < 4.78 is 0. The molecule has 1 saturated heterocycles. The van der Waals surface area contributed by atoms with E-state index in [1.54, 1.807) is 0 Å². The van der Waals surface area contributed by atoms with Gasteiger partial charge in [0.15, 0.2) is 0 Å². The summed E-state index contributed by atoms with van der Waals surface area (Å²) in [6.45, 7) is 9.06. The molecule has 0 aromatic heterocycles. The van der Waals surface area contributed by atoms with Crippen LogP contribution in [0, 0.1) is 11.8 Å². The van der Waals surface area contributed by atoms with Crippen molar-refractivity contribution in [3.05, 3.63) is 28.8 Å². The molecule has 1 aromatic carbocycles. The maximum atomic E-state index is 6.44. The lowest BCUT2D eigenvalue weighted by Gasteiger charge is -2.38. The Morgan fingerprint density at radius 1 is 1.30 bits per heavy atom. The predicted molar refractivity (Wildman–Crippen MR) is 88.6 cm³/mol. The molecule has 0 bridgehead atoms. The van der Waals surface area contributed by atoms with Gasteiger partial charge < -0.3 is 10.6 Å². The van der Waals surface area contributed by atoms with E-state index in [4.69, 9.17) is 17.3 Å². The number of nitrogens with zero attached hydrogens (tertiary/aromatic N) is 1. The molecule has 0 amide bonds. The first kappa shape index (κ1) is 15.7. The standard InChI is InChI=1S/C17H27ClN2/c1-4-14(19)9-15-16(18)6-5-7-17(15)20-10-12(2)8-13(3)11-20/h5-7,12-14H,4,8-11,19H2,1-3H3. The van der Waals surface area contributed by atoms with Crippen LogP contribution >= 0.6 is 11.6 Å². The van der Waals surface area contributed by atoms with Crippen molar-refractivity contribution in [1.29, 1.82) is 0 Å². The Balaban J connectivity index is 2.28. The van der Waals surface area contributed by atoms with Crippen LogP contribution in [0.15, 0.2) is 18.2 Å². The van der Waals surface area contributed by atoms with Crippen LogP contribution in [0.5, 0.6) is 0 Å². The van der Waals surface area contributed by atoms with Crippen molar-refractivity contribution in [3.63, 3.8) is 0 Å². The summed E-state index contributed by atoms with van der Waals surface area (Å²) in [5.41, 5.74) is 8.67. The van der Waals surface area contributed by atoms with Gasteiger partial charge in [0.05, 0.1) is 0 Å². The van der Waals surface area contributed by atoms with Crippen molar-refractivity contribution in [2.45, 2.75) is 46.1 Å². The second-order valence-corrected chi connectivity index (χ2v) is 6.87. The van der Waals surface area contributed by atoms with Crippen LogP contribution in [0.2, 0.25) is 5.02 Å². The van der Waals surface area contributed by atoms with E-state index in [0.717, 1.165) is 42.8 Å². The molecule has 2 rings (SSSR count). The van der Waals surface area contributed by atoms with E-state index < -0.39 is 0 Å². The van der Waals surface area contributed by atoms with Crippen LogP contribution in [0.4, 0.5) is 5.69 Å². The minimum atomic E-state index is 0.188. The number of anilines is 1. The molecule has 0 saturated carbocycles. The number of nitrogens with two attached hydrogens (primary N) is 1. The molecule has 1 aliphatic heterocycles. The molecule has 1 aromatic rings. The maximum Gasteiger partial charge on any atom is 0.0459 e. The average molecular weight is 295 g/mol. The van der Waals surface area contributed by atoms with Crippen molar-refractivity contribution >= 4 is 17.3 Å². The van der Waals surface area contributed by atoms with E-state index in [1.165, 1.54) is 17.7 Å². The zero-order valence-electron chi connectivity index (χ0n) is 12.9. The summed E-state index contributed by atoms with van der Waals surface area (Å²) in [6, 6.07) is 6.43. The van der Waals surface area contributed by atoms with Gasteiger partial charge in [-0.3, -0.25) is 0 Å². The van der Waals surface area contributed by atoms with Gasteiger partial charge in [0.2, 0.25) is 0 Å². The van der Waals surface area contributed by atoms with Crippen molar-refractivity contribution in [2.24, 2.45) is 17.6 Å². The zero-order valence-corrected chi connectivity index (χ0v) is 13.7. The Bertz CT molecular complexity index is 437. The van der Waals surface area contributed by atoms with Gasteiger partial charge in [-0.1, -0.05) is 38.4 Å². The monoisotopic (exact) mass is 294 g/mol. The van der Waals surface area contributed by atoms with Gasteiger partial charge >= 0.3 is 0 Å². The molecule has 2 N–H and O–H groups in total. The van der Waals surface area contributed by atoms with Crippen LogP contribution < -0.4 is 10.6 Å². The van der Waals surface area contributed by atoms with Crippen LogP contribution in [0.25, 0.3) is 0 Å². The molecule has 0 radical (unpaired) electrons. The molecule has 1 heterocycles. The number of piperidine rings is 1. The van der Waals surface area contributed by atoms with Gasteiger partial charge in [-0.2, -0.15) is 0 Å². The SMILES string of the molecule is CCC(N)Cc1c(Cl)cccc1N1CC(C)CC(C)C1. The molecule has 0 spiro atoms. The summed E-state index contributed by atoms with van der Waals surface area (Å²) in [5.74, 6) is 1.48. The third-order valence-electron chi connectivity index (χ3n) is 4.29. The molecule has 1 fully saturated rings. The highest BCUT2D eigenvalue weighted by Gasteiger charge is 2.24. The quantitative estimate of drug-likeness (QED) is 0.906. The molecule has 3 heteroatoms. The van der Waals surface area contributed by atoms with Crippen LogP contribution in [-0.2, 0) is 6.42 Å². The first-order valence-electron chi connectivity index (χ1n) is 7.79. The lowest BCUT2D eigenvalue weighted by molar-refractivity contribution is 0.356. The molecule has 20 heavy (non-hydrogen) atoms. The Morgan fingerprint density at radius 3 is 2.55 bits per heavy atom. The summed E-state index contributed by atoms with van der Waals surface area (Å²) in [6.07, 6.45) is 3.17. The van der Waals surface area contributed by atoms with Gasteiger partial charge in [0.25, 0.3) is 0 Å². The number of benzene rings is 1. The first-order chi connectivity index (χ1) is 9.51. The van der Waals surface area contributed by atoms with Gasteiger partial charge in [-0.25, -0.2) is 0 Å². The van der Waals surface area contributed by atoms with Crippen molar-refractivity contribution in [3.8, 4) is 0 Å². The van der Waals surface area contributed by atoms with Crippen molar-refractivity contribution in [2.75, 3.05) is 18.0 Å². The van der Waals surface area contributed by atoms with E-state index in [2.05, 4.69) is 37.8 Å². The summed E-state index contributed by atoms with van der Waals surface area (Å²) in [4.78, 5) is 2.50. The molecule has 1 aliphatic rings. The fourth-order valence-corrected chi connectivity index (χ4v) is 3.56. The summed E-state index contributed by atoms with van der Waals surface area (Å²) in [5, 5.41) is 0.859. The number of hydrogen-bond acceptors (Lipinski definition) is 2. The first-order valence-corrected chi connectivity index (χ1v) is 8.17. The normalized spacial score (nSPS) is 24.8. The highest BCUT2D eigenvalue weighted by molar-refractivity contribution is 6.31. The largest absolute Gasteiger partial charge is 0.371 e. The lowest BCUT2D eigenvalue weighted by atomic mass is 9.90. The molecule has 3 atom stereocenters. The van der Waals surface area contributed by atoms with Gasteiger partial charge in [-0.15, -0.1) is 0 Å². The molecular weight excluding hydrogens is 268 g/mol. The molecule has 3 unspecified atom stereocenters. The van der Waals surface area contributed by atoms with E-state index in [-0.39, 0.29) is 6.04 Å². The van der Waals surface area contributed by atoms with Gasteiger partial charge in [-0.05, 0) is 48.8 Å². The highest BCUT2D eigenvalue weighted by Crippen LogP contribution is 2.33. The predicted octanol–water partition coefficient (Wildman–Crippen LogP) is 4.10. The maximum absolute atomic E-state index is 6.44. The van der Waals surface area contributed by atoms with Crippen molar-refractivity contribution < 1.29 is 0 Å². The highest BCUT2D eigenvalue weighted by atomic mass is 35.5. The molecule has 2 nitrogen and oxygen atoms in total. The Labute approximate surface area is 128 Å². The van der Waals surface area contributed by atoms with Gasteiger partial charge in [0.1, 0.15) is 0 Å². The Kier molecular flexibility index (Phi) is 5.34. The van der Waals surface area contributed by atoms with Crippen LogP contribution in [0.1, 0.15) is 39.2 Å². The minimum Gasteiger partial charge on any atom is -0.371 e. The smallest absolute Gasteiger partial charge is 0.0459 e. The second-order valence-electron chi connectivity index (χ2n) is 6.46. The Morgan fingerprint density at radius 2 is 1.95 bits per heavy atom. The third kappa shape index (κ3) is 3.67. The summed E-state index contributed by atoms with van der Waals surface area (Å²) in [7, 11) is 0. The third-order valence-corrected chi connectivity index (χ3v) is 4.65. The van der Waals surface area contributed by atoms with Crippen LogP contribution in [-0.4, -0.2) is 19.1 Å². The van der Waals surface area contributed by atoms with E-state index in [9.17, 15) is 0 Å².